The van der Waals surface area contributed by atoms with Crippen molar-refractivity contribution >= 4 is 0 Å². The highest BCUT2D eigenvalue weighted by Gasteiger charge is 2.20. The predicted molar refractivity (Wildman–Crippen MR) is 69.4 cm³/mol. The van der Waals surface area contributed by atoms with Gasteiger partial charge in [0.2, 0.25) is 0 Å². The Labute approximate surface area is 103 Å². The van der Waals surface area contributed by atoms with Crippen molar-refractivity contribution in [3.05, 3.63) is 35.6 Å². The SMILES string of the molecule is CCNC(CC1CCCC1)c1ccc(F)cc1. The van der Waals surface area contributed by atoms with E-state index in [1.165, 1.54) is 37.7 Å². The molecule has 1 atom stereocenters. The van der Waals surface area contributed by atoms with Crippen LogP contribution in [0.25, 0.3) is 0 Å². The molecule has 17 heavy (non-hydrogen) atoms. The molecule has 0 bridgehead atoms. The Kier molecular flexibility index (Phi) is 4.55. The Balaban J connectivity index is 2.02. The second kappa shape index (κ2) is 6.15. The first-order chi connectivity index (χ1) is 8.29. The first-order valence-electron chi connectivity index (χ1n) is 6.78. The Morgan fingerprint density at radius 1 is 1.24 bits per heavy atom. The molecule has 1 unspecified atom stereocenters. The molecule has 1 aliphatic rings. The van der Waals surface area contributed by atoms with Crippen molar-refractivity contribution in [2.75, 3.05) is 6.54 Å². The van der Waals surface area contributed by atoms with Crippen molar-refractivity contribution in [2.45, 2.75) is 45.1 Å². The van der Waals surface area contributed by atoms with Gasteiger partial charge in [0.1, 0.15) is 5.82 Å². The van der Waals surface area contributed by atoms with Crippen molar-refractivity contribution in [3.63, 3.8) is 0 Å². The van der Waals surface area contributed by atoms with E-state index >= 15 is 0 Å². The van der Waals surface area contributed by atoms with Crippen LogP contribution in [0.5, 0.6) is 0 Å². The molecule has 0 aliphatic heterocycles. The summed E-state index contributed by atoms with van der Waals surface area (Å²) in [5.74, 6) is 0.703. The number of hydrogen-bond acceptors (Lipinski definition) is 1. The van der Waals surface area contributed by atoms with Crippen molar-refractivity contribution < 1.29 is 4.39 Å². The quantitative estimate of drug-likeness (QED) is 0.811. The van der Waals surface area contributed by atoms with Crippen molar-refractivity contribution in [1.82, 2.24) is 5.32 Å². The van der Waals surface area contributed by atoms with Gasteiger partial charge in [0, 0.05) is 6.04 Å². The maximum Gasteiger partial charge on any atom is 0.123 e. The summed E-state index contributed by atoms with van der Waals surface area (Å²) in [6.07, 6.45) is 6.69. The van der Waals surface area contributed by atoms with E-state index in [0.29, 0.717) is 6.04 Å². The highest BCUT2D eigenvalue weighted by molar-refractivity contribution is 5.20. The summed E-state index contributed by atoms with van der Waals surface area (Å²) in [6.45, 7) is 3.10. The lowest BCUT2D eigenvalue weighted by atomic mass is 9.93. The van der Waals surface area contributed by atoms with Gasteiger partial charge in [-0.05, 0) is 36.6 Å². The van der Waals surface area contributed by atoms with Gasteiger partial charge in [-0.3, -0.25) is 0 Å². The Bertz CT molecular complexity index is 327. The van der Waals surface area contributed by atoms with Crippen LogP contribution < -0.4 is 5.32 Å². The lowest BCUT2D eigenvalue weighted by Gasteiger charge is -2.21. The van der Waals surface area contributed by atoms with Gasteiger partial charge in [0.05, 0.1) is 0 Å². The minimum atomic E-state index is -0.148. The molecule has 1 aliphatic carbocycles. The minimum Gasteiger partial charge on any atom is -0.310 e. The number of hydrogen-bond donors (Lipinski definition) is 1. The zero-order valence-corrected chi connectivity index (χ0v) is 10.6. The predicted octanol–water partition coefficient (Wildman–Crippen LogP) is 4.06. The molecule has 0 saturated heterocycles. The molecule has 2 heteroatoms. The summed E-state index contributed by atoms with van der Waals surface area (Å²) < 4.78 is 12.9. The molecule has 0 heterocycles. The van der Waals surface area contributed by atoms with Gasteiger partial charge in [0.15, 0.2) is 0 Å². The third kappa shape index (κ3) is 3.53. The molecule has 1 aromatic rings. The highest BCUT2D eigenvalue weighted by atomic mass is 19.1. The second-order valence-corrected chi connectivity index (χ2v) is 5.05. The van der Waals surface area contributed by atoms with E-state index in [1.54, 1.807) is 12.1 Å². The largest absolute Gasteiger partial charge is 0.310 e. The highest BCUT2D eigenvalue weighted by Crippen LogP contribution is 2.32. The Morgan fingerprint density at radius 2 is 1.88 bits per heavy atom. The van der Waals surface area contributed by atoms with E-state index in [-0.39, 0.29) is 5.82 Å². The maximum absolute atomic E-state index is 12.9. The van der Waals surface area contributed by atoms with Crippen LogP contribution in [-0.4, -0.2) is 6.54 Å². The van der Waals surface area contributed by atoms with E-state index in [0.717, 1.165) is 12.5 Å². The monoisotopic (exact) mass is 235 g/mol. The van der Waals surface area contributed by atoms with Crippen LogP contribution in [0.1, 0.15) is 50.6 Å². The lowest BCUT2D eigenvalue weighted by Crippen LogP contribution is -2.23. The summed E-state index contributed by atoms with van der Waals surface area (Å²) in [6, 6.07) is 7.35. The van der Waals surface area contributed by atoms with Crippen molar-refractivity contribution in [2.24, 2.45) is 5.92 Å². The molecule has 94 valence electrons. The summed E-state index contributed by atoms with van der Waals surface area (Å²) in [5, 5.41) is 3.52. The third-order valence-corrected chi connectivity index (χ3v) is 3.77. The van der Waals surface area contributed by atoms with E-state index in [4.69, 9.17) is 0 Å². The van der Waals surface area contributed by atoms with E-state index in [1.807, 2.05) is 12.1 Å². The molecule has 0 amide bonds. The second-order valence-electron chi connectivity index (χ2n) is 5.05. The van der Waals surface area contributed by atoms with Gasteiger partial charge in [-0.1, -0.05) is 44.7 Å². The topological polar surface area (TPSA) is 12.0 Å². The van der Waals surface area contributed by atoms with Crippen LogP contribution in [0.4, 0.5) is 4.39 Å². The van der Waals surface area contributed by atoms with Crippen molar-refractivity contribution in [3.8, 4) is 0 Å². The normalized spacial score (nSPS) is 18.5. The fourth-order valence-electron chi connectivity index (χ4n) is 2.86. The number of nitrogens with one attached hydrogen (secondary N) is 1. The van der Waals surface area contributed by atoms with Crippen LogP contribution in [0.2, 0.25) is 0 Å². The average molecular weight is 235 g/mol. The molecular weight excluding hydrogens is 213 g/mol. The van der Waals surface area contributed by atoms with Gasteiger partial charge in [0.25, 0.3) is 0 Å². The fraction of sp³-hybridized carbons (Fsp3) is 0.600. The number of halogens is 1. The molecule has 2 rings (SSSR count). The van der Waals surface area contributed by atoms with Crippen LogP contribution in [0.15, 0.2) is 24.3 Å². The zero-order chi connectivity index (χ0) is 12.1. The molecule has 1 nitrogen and oxygen atoms in total. The first kappa shape index (κ1) is 12.6. The fourth-order valence-corrected chi connectivity index (χ4v) is 2.86. The number of rotatable bonds is 5. The molecule has 1 fully saturated rings. The summed E-state index contributed by atoms with van der Waals surface area (Å²) in [4.78, 5) is 0. The first-order valence-corrected chi connectivity index (χ1v) is 6.78. The Hall–Kier alpha value is -0.890. The van der Waals surface area contributed by atoms with Gasteiger partial charge < -0.3 is 5.32 Å². The molecule has 0 spiro atoms. The molecule has 0 aromatic heterocycles. The average Bonchev–Trinajstić information content (AvgIpc) is 2.82. The summed E-state index contributed by atoms with van der Waals surface area (Å²) >= 11 is 0. The van der Waals surface area contributed by atoms with E-state index in [9.17, 15) is 4.39 Å². The van der Waals surface area contributed by atoms with Crippen LogP contribution in [-0.2, 0) is 0 Å². The van der Waals surface area contributed by atoms with Crippen LogP contribution >= 0.6 is 0 Å². The van der Waals surface area contributed by atoms with Crippen LogP contribution in [0.3, 0.4) is 0 Å². The molecule has 1 saturated carbocycles. The minimum absolute atomic E-state index is 0.148. The molecule has 0 radical (unpaired) electrons. The molecule has 1 N–H and O–H groups in total. The standard InChI is InChI=1S/C15H22FN/c1-2-17-15(11-12-5-3-4-6-12)13-7-9-14(16)10-8-13/h7-10,12,15,17H,2-6,11H2,1H3. The van der Waals surface area contributed by atoms with E-state index in [2.05, 4.69) is 12.2 Å². The van der Waals surface area contributed by atoms with E-state index < -0.39 is 0 Å². The molecule has 1 aromatic carbocycles. The van der Waals surface area contributed by atoms with Crippen LogP contribution in [0, 0.1) is 11.7 Å². The number of benzene rings is 1. The van der Waals surface area contributed by atoms with Crippen molar-refractivity contribution in [1.29, 1.82) is 0 Å². The van der Waals surface area contributed by atoms with Gasteiger partial charge in [-0.2, -0.15) is 0 Å². The summed E-state index contributed by atoms with van der Waals surface area (Å²) in [5.41, 5.74) is 1.22. The lowest BCUT2D eigenvalue weighted by molar-refractivity contribution is 0.400. The van der Waals surface area contributed by atoms with Gasteiger partial charge >= 0.3 is 0 Å². The summed E-state index contributed by atoms with van der Waals surface area (Å²) in [7, 11) is 0. The zero-order valence-electron chi connectivity index (χ0n) is 10.6. The van der Waals surface area contributed by atoms with Gasteiger partial charge in [-0.15, -0.1) is 0 Å². The smallest absolute Gasteiger partial charge is 0.123 e. The third-order valence-electron chi connectivity index (χ3n) is 3.77. The molecular formula is C15H22FN. The maximum atomic E-state index is 12.9. The Morgan fingerprint density at radius 3 is 2.47 bits per heavy atom. The van der Waals surface area contributed by atoms with Gasteiger partial charge in [-0.25, -0.2) is 4.39 Å².